The predicted octanol–water partition coefficient (Wildman–Crippen LogP) is 2.94. The number of halogens is 1. The Balaban J connectivity index is 0.00000192. The molecule has 3 aromatic rings. The first-order valence-corrected chi connectivity index (χ1v) is 7.01. The molecule has 0 saturated heterocycles. The fraction of sp³-hybridized carbons (Fsp3) is 0.250. The molecule has 0 bridgehead atoms. The standard InChI is InChI=1S/C16H18N4O2.ClH/c1-20(2)9-11-3-5-12(6-4-11)15-18-16(22-19-15)13-7-14(8-17)21-10-13;/h3-7,10H,8-9,17H2,1-2H3;1H. The number of benzene rings is 1. The van der Waals surface area contributed by atoms with Gasteiger partial charge in [-0.05, 0) is 25.7 Å². The Labute approximate surface area is 140 Å². The van der Waals surface area contributed by atoms with Crippen LogP contribution < -0.4 is 5.73 Å². The second kappa shape index (κ2) is 7.41. The van der Waals surface area contributed by atoms with Gasteiger partial charge in [-0.2, -0.15) is 4.98 Å². The van der Waals surface area contributed by atoms with Gasteiger partial charge in [0.25, 0.3) is 5.89 Å². The Morgan fingerprint density at radius 1 is 1.13 bits per heavy atom. The Kier molecular flexibility index (Phi) is 5.54. The quantitative estimate of drug-likeness (QED) is 0.772. The lowest BCUT2D eigenvalue weighted by Gasteiger charge is -2.09. The summed E-state index contributed by atoms with van der Waals surface area (Å²) >= 11 is 0. The van der Waals surface area contributed by atoms with Crippen LogP contribution in [0.1, 0.15) is 11.3 Å². The van der Waals surface area contributed by atoms with E-state index in [0.29, 0.717) is 24.0 Å². The minimum Gasteiger partial charge on any atom is -0.467 e. The second-order valence-corrected chi connectivity index (χ2v) is 5.36. The van der Waals surface area contributed by atoms with E-state index in [0.717, 1.165) is 17.7 Å². The Morgan fingerprint density at radius 2 is 1.87 bits per heavy atom. The summed E-state index contributed by atoms with van der Waals surface area (Å²) in [7, 11) is 4.08. The molecule has 0 saturated carbocycles. The van der Waals surface area contributed by atoms with Crippen LogP contribution in [0.5, 0.6) is 0 Å². The third-order valence-electron chi connectivity index (χ3n) is 3.24. The van der Waals surface area contributed by atoms with Crippen LogP contribution in [0.2, 0.25) is 0 Å². The molecule has 23 heavy (non-hydrogen) atoms. The molecule has 6 nitrogen and oxygen atoms in total. The maximum absolute atomic E-state index is 5.52. The van der Waals surface area contributed by atoms with E-state index >= 15 is 0 Å². The van der Waals surface area contributed by atoms with Crippen molar-refractivity contribution in [3.8, 4) is 22.8 Å². The van der Waals surface area contributed by atoms with Gasteiger partial charge in [0.05, 0.1) is 12.1 Å². The van der Waals surface area contributed by atoms with Crippen molar-refractivity contribution in [1.29, 1.82) is 0 Å². The van der Waals surface area contributed by atoms with Gasteiger partial charge >= 0.3 is 0 Å². The van der Waals surface area contributed by atoms with Gasteiger partial charge in [0.15, 0.2) is 0 Å². The van der Waals surface area contributed by atoms with E-state index in [-0.39, 0.29) is 12.4 Å². The molecule has 0 radical (unpaired) electrons. The third-order valence-corrected chi connectivity index (χ3v) is 3.24. The number of rotatable bonds is 5. The SMILES string of the molecule is CN(C)Cc1ccc(-c2noc(-c3coc(CN)c3)n2)cc1.Cl. The van der Waals surface area contributed by atoms with Crippen LogP contribution in [0.15, 0.2) is 45.5 Å². The summed E-state index contributed by atoms with van der Waals surface area (Å²) in [5.41, 5.74) is 8.41. The molecule has 0 aliphatic rings. The van der Waals surface area contributed by atoms with Gasteiger partial charge in [-0.1, -0.05) is 29.4 Å². The summed E-state index contributed by atoms with van der Waals surface area (Å²) in [5, 5.41) is 4.02. The summed E-state index contributed by atoms with van der Waals surface area (Å²) in [6.45, 7) is 1.24. The molecular formula is C16H19ClN4O2. The van der Waals surface area contributed by atoms with Gasteiger partial charge < -0.3 is 19.6 Å². The average Bonchev–Trinajstić information content (AvgIpc) is 3.16. The molecule has 122 valence electrons. The highest BCUT2D eigenvalue weighted by atomic mass is 35.5. The second-order valence-electron chi connectivity index (χ2n) is 5.36. The number of furan rings is 1. The molecule has 7 heteroatoms. The molecule has 3 rings (SSSR count). The van der Waals surface area contributed by atoms with E-state index in [9.17, 15) is 0 Å². The van der Waals surface area contributed by atoms with Crippen molar-refractivity contribution in [1.82, 2.24) is 15.0 Å². The maximum Gasteiger partial charge on any atom is 0.261 e. The first kappa shape index (κ1) is 17.2. The highest BCUT2D eigenvalue weighted by Gasteiger charge is 2.13. The van der Waals surface area contributed by atoms with Crippen molar-refractivity contribution in [2.75, 3.05) is 14.1 Å². The minimum absolute atomic E-state index is 0. The van der Waals surface area contributed by atoms with E-state index < -0.39 is 0 Å². The van der Waals surface area contributed by atoms with E-state index in [2.05, 4.69) is 27.2 Å². The van der Waals surface area contributed by atoms with Gasteiger partial charge in [-0.3, -0.25) is 0 Å². The van der Waals surface area contributed by atoms with Crippen molar-refractivity contribution < 1.29 is 8.94 Å². The van der Waals surface area contributed by atoms with Crippen molar-refractivity contribution in [3.63, 3.8) is 0 Å². The van der Waals surface area contributed by atoms with Crippen molar-refractivity contribution in [2.24, 2.45) is 5.73 Å². The fourth-order valence-corrected chi connectivity index (χ4v) is 2.18. The minimum atomic E-state index is 0. The number of nitrogens with zero attached hydrogens (tertiary/aromatic N) is 3. The normalized spacial score (nSPS) is 10.8. The first-order valence-electron chi connectivity index (χ1n) is 7.01. The molecule has 0 aliphatic carbocycles. The molecule has 0 spiro atoms. The molecule has 0 amide bonds. The number of hydrogen-bond donors (Lipinski definition) is 1. The summed E-state index contributed by atoms with van der Waals surface area (Å²) < 4.78 is 10.6. The number of aromatic nitrogens is 2. The van der Waals surface area contributed by atoms with Crippen LogP contribution in [0.4, 0.5) is 0 Å². The monoisotopic (exact) mass is 334 g/mol. The van der Waals surface area contributed by atoms with Crippen LogP contribution in [-0.4, -0.2) is 29.1 Å². The van der Waals surface area contributed by atoms with E-state index in [1.807, 2.05) is 26.2 Å². The molecule has 0 unspecified atom stereocenters. The van der Waals surface area contributed by atoms with Crippen molar-refractivity contribution >= 4 is 12.4 Å². The van der Waals surface area contributed by atoms with Gasteiger partial charge in [-0.25, -0.2) is 0 Å². The molecule has 2 heterocycles. The largest absolute Gasteiger partial charge is 0.467 e. The fourth-order valence-electron chi connectivity index (χ4n) is 2.18. The van der Waals surface area contributed by atoms with Gasteiger partial charge in [0.2, 0.25) is 5.82 Å². The summed E-state index contributed by atoms with van der Waals surface area (Å²) in [5.74, 6) is 1.67. The van der Waals surface area contributed by atoms with Crippen LogP contribution >= 0.6 is 12.4 Å². The van der Waals surface area contributed by atoms with Crippen LogP contribution in [0.25, 0.3) is 22.8 Å². The summed E-state index contributed by atoms with van der Waals surface area (Å²) in [6.07, 6.45) is 1.57. The lowest BCUT2D eigenvalue weighted by Crippen LogP contribution is -2.10. The maximum atomic E-state index is 5.52. The highest BCUT2D eigenvalue weighted by molar-refractivity contribution is 5.85. The van der Waals surface area contributed by atoms with E-state index in [4.69, 9.17) is 14.7 Å². The zero-order valence-corrected chi connectivity index (χ0v) is 13.8. The van der Waals surface area contributed by atoms with Gasteiger partial charge in [-0.15, -0.1) is 12.4 Å². The van der Waals surface area contributed by atoms with E-state index in [1.165, 1.54) is 5.56 Å². The Hall–Kier alpha value is -2.15. The van der Waals surface area contributed by atoms with Crippen LogP contribution in [-0.2, 0) is 13.1 Å². The van der Waals surface area contributed by atoms with Crippen LogP contribution in [0, 0.1) is 0 Å². The van der Waals surface area contributed by atoms with Crippen molar-refractivity contribution in [2.45, 2.75) is 13.1 Å². The average molecular weight is 335 g/mol. The lowest BCUT2D eigenvalue weighted by molar-refractivity contribution is 0.402. The Morgan fingerprint density at radius 3 is 2.48 bits per heavy atom. The molecule has 2 N–H and O–H groups in total. The number of hydrogen-bond acceptors (Lipinski definition) is 6. The zero-order valence-electron chi connectivity index (χ0n) is 13.0. The molecule has 1 aromatic carbocycles. The van der Waals surface area contributed by atoms with Gasteiger partial charge in [0, 0.05) is 12.1 Å². The highest BCUT2D eigenvalue weighted by Crippen LogP contribution is 2.24. The Bertz CT molecular complexity index is 750. The molecule has 0 aliphatic heterocycles. The summed E-state index contributed by atoms with van der Waals surface area (Å²) in [4.78, 5) is 6.52. The summed E-state index contributed by atoms with van der Waals surface area (Å²) in [6, 6.07) is 9.92. The molecule has 2 aromatic heterocycles. The van der Waals surface area contributed by atoms with E-state index in [1.54, 1.807) is 12.3 Å². The molecule has 0 atom stereocenters. The predicted molar refractivity (Wildman–Crippen MR) is 90.0 cm³/mol. The smallest absolute Gasteiger partial charge is 0.261 e. The van der Waals surface area contributed by atoms with Gasteiger partial charge in [0.1, 0.15) is 12.0 Å². The third kappa shape index (κ3) is 3.98. The lowest BCUT2D eigenvalue weighted by atomic mass is 10.1. The first-order chi connectivity index (χ1) is 10.7. The topological polar surface area (TPSA) is 81.3 Å². The van der Waals surface area contributed by atoms with Crippen molar-refractivity contribution in [3.05, 3.63) is 47.9 Å². The number of nitrogens with two attached hydrogens (primary N) is 1. The van der Waals surface area contributed by atoms with Crippen LogP contribution in [0.3, 0.4) is 0 Å². The zero-order chi connectivity index (χ0) is 15.5. The molecule has 0 fully saturated rings. The molecular weight excluding hydrogens is 316 g/mol.